The largest absolute Gasteiger partial charge is 0.362 e. The van der Waals surface area contributed by atoms with Crippen molar-refractivity contribution in [2.24, 2.45) is 0 Å². The van der Waals surface area contributed by atoms with Crippen LogP contribution in [0.4, 0.5) is 10.1 Å². The number of hydrogen-bond donors (Lipinski definition) is 1. The molecule has 1 aliphatic rings. The van der Waals surface area contributed by atoms with Crippen molar-refractivity contribution in [3.05, 3.63) is 71.3 Å². The number of rotatable bonds is 3. The van der Waals surface area contributed by atoms with Gasteiger partial charge in [-0.3, -0.25) is 0 Å². The van der Waals surface area contributed by atoms with Crippen molar-refractivity contribution in [2.75, 3.05) is 11.4 Å². The summed E-state index contributed by atoms with van der Waals surface area (Å²) in [6, 6.07) is 14.8. The van der Waals surface area contributed by atoms with Crippen LogP contribution in [0, 0.1) is 5.82 Å². The molecular weight excluding hydrogens is 293 g/mol. The van der Waals surface area contributed by atoms with Crippen molar-refractivity contribution in [3.8, 4) is 0 Å². The lowest BCUT2D eigenvalue weighted by Gasteiger charge is -2.30. The number of tetrazole rings is 1. The van der Waals surface area contributed by atoms with Crippen LogP contribution >= 0.6 is 0 Å². The van der Waals surface area contributed by atoms with Crippen molar-refractivity contribution in [2.45, 2.75) is 6.54 Å². The monoisotopic (exact) mass is 307 g/mol. The molecule has 1 aromatic heterocycles. The first-order valence-electron chi connectivity index (χ1n) is 7.33. The number of aromatic nitrogens is 4. The Hall–Kier alpha value is -3.02. The van der Waals surface area contributed by atoms with E-state index in [0.717, 1.165) is 22.4 Å². The highest BCUT2D eigenvalue weighted by atomic mass is 19.1. The predicted octanol–water partition coefficient (Wildman–Crippen LogP) is 2.90. The zero-order valence-electron chi connectivity index (χ0n) is 12.3. The second-order valence-electron chi connectivity index (χ2n) is 5.46. The summed E-state index contributed by atoms with van der Waals surface area (Å²) in [6.07, 6.45) is 2.10. The Labute approximate surface area is 132 Å². The van der Waals surface area contributed by atoms with Gasteiger partial charge in [0.05, 0.1) is 0 Å². The van der Waals surface area contributed by atoms with Gasteiger partial charge in [-0.25, -0.2) is 9.49 Å². The number of nitrogens with zero attached hydrogens (tertiary/aromatic N) is 4. The van der Waals surface area contributed by atoms with Crippen LogP contribution in [0.1, 0.15) is 17.0 Å². The Kier molecular flexibility index (Phi) is 3.34. The van der Waals surface area contributed by atoms with Crippen LogP contribution in [-0.2, 0) is 6.54 Å². The summed E-state index contributed by atoms with van der Waals surface area (Å²) in [5.74, 6) is 0.449. The normalized spacial score (nSPS) is 13.6. The molecule has 114 valence electrons. The lowest BCUT2D eigenvalue weighted by atomic mass is 10.0. The summed E-state index contributed by atoms with van der Waals surface area (Å²) >= 11 is 0. The average Bonchev–Trinajstić information content (AvgIpc) is 3.11. The van der Waals surface area contributed by atoms with E-state index in [0.29, 0.717) is 18.9 Å². The van der Waals surface area contributed by atoms with Gasteiger partial charge >= 0.3 is 0 Å². The summed E-state index contributed by atoms with van der Waals surface area (Å²) in [6.45, 7) is 1.38. The molecule has 2 heterocycles. The van der Waals surface area contributed by atoms with E-state index in [1.807, 2.05) is 24.3 Å². The number of halogens is 1. The second-order valence-corrected chi connectivity index (χ2v) is 5.46. The number of hydrogen-bond acceptors (Lipinski definition) is 4. The lowest BCUT2D eigenvalue weighted by Crippen LogP contribution is -2.28. The minimum atomic E-state index is -0.221. The number of anilines is 1. The molecule has 0 saturated carbocycles. The van der Waals surface area contributed by atoms with Crippen molar-refractivity contribution in [3.63, 3.8) is 0 Å². The number of nitrogens with one attached hydrogen (secondary N) is 1. The van der Waals surface area contributed by atoms with Gasteiger partial charge in [0.25, 0.3) is 0 Å². The van der Waals surface area contributed by atoms with E-state index >= 15 is 0 Å². The van der Waals surface area contributed by atoms with Crippen LogP contribution in [0.25, 0.3) is 11.6 Å². The van der Waals surface area contributed by atoms with Gasteiger partial charge in [0.1, 0.15) is 5.82 Å². The highest BCUT2D eigenvalue weighted by Gasteiger charge is 2.20. The molecule has 5 nitrogen and oxygen atoms in total. The highest BCUT2D eigenvalue weighted by molar-refractivity contribution is 5.89. The van der Waals surface area contributed by atoms with Crippen molar-refractivity contribution < 1.29 is 4.39 Å². The summed E-state index contributed by atoms with van der Waals surface area (Å²) in [5, 5.41) is 14.1. The molecule has 0 spiro atoms. The van der Waals surface area contributed by atoms with Gasteiger partial charge < -0.3 is 4.90 Å². The van der Waals surface area contributed by atoms with Gasteiger partial charge in [0.15, 0.2) is 5.82 Å². The van der Waals surface area contributed by atoms with Gasteiger partial charge in [0.2, 0.25) is 0 Å². The first-order valence-corrected chi connectivity index (χ1v) is 7.33. The third-order valence-corrected chi connectivity index (χ3v) is 3.90. The first kappa shape index (κ1) is 13.6. The third kappa shape index (κ3) is 2.70. The molecule has 0 aliphatic carbocycles. The fraction of sp³-hybridized carbons (Fsp3) is 0.118. The lowest BCUT2D eigenvalue weighted by molar-refractivity contribution is 0.626. The summed E-state index contributed by atoms with van der Waals surface area (Å²) < 4.78 is 13.1. The van der Waals surface area contributed by atoms with E-state index in [4.69, 9.17) is 0 Å². The molecule has 4 rings (SSSR count). The number of fused-ring (bicyclic) bond motifs is 1. The maximum Gasteiger partial charge on any atom is 0.177 e. The smallest absolute Gasteiger partial charge is 0.177 e. The number of para-hydroxylation sites is 1. The molecule has 3 aromatic rings. The maximum absolute atomic E-state index is 13.1. The SMILES string of the molecule is Fc1ccc(CN2CC(c3nnn[nH]3)=Cc3ccccc32)cc1. The quantitative estimate of drug-likeness (QED) is 0.808. The molecule has 1 N–H and O–H groups in total. The van der Waals surface area contributed by atoms with E-state index in [9.17, 15) is 4.39 Å². The molecule has 0 unspecified atom stereocenters. The molecule has 0 radical (unpaired) electrons. The molecular formula is C17H14FN5. The Morgan fingerprint density at radius 2 is 1.91 bits per heavy atom. The third-order valence-electron chi connectivity index (χ3n) is 3.90. The van der Waals surface area contributed by atoms with Crippen LogP contribution in [0.5, 0.6) is 0 Å². The molecule has 6 heteroatoms. The van der Waals surface area contributed by atoms with E-state index in [-0.39, 0.29) is 5.82 Å². The minimum Gasteiger partial charge on any atom is -0.362 e. The molecule has 1 aliphatic heterocycles. The van der Waals surface area contributed by atoms with Gasteiger partial charge in [-0.15, -0.1) is 5.10 Å². The topological polar surface area (TPSA) is 57.7 Å². The van der Waals surface area contributed by atoms with Crippen LogP contribution in [0.15, 0.2) is 48.5 Å². The second kappa shape index (κ2) is 5.64. The molecule has 0 bridgehead atoms. The maximum atomic E-state index is 13.1. The van der Waals surface area contributed by atoms with Crippen LogP contribution in [-0.4, -0.2) is 27.2 Å². The molecule has 0 saturated heterocycles. The van der Waals surface area contributed by atoms with Gasteiger partial charge in [0, 0.05) is 24.4 Å². The van der Waals surface area contributed by atoms with Crippen LogP contribution < -0.4 is 4.90 Å². The number of H-pyrrole nitrogens is 1. The summed E-state index contributed by atoms with van der Waals surface area (Å²) in [7, 11) is 0. The fourth-order valence-corrected chi connectivity index (χ4v) is 2.81. The molecule has 0 fully saturated rings. The van der Waals surface area contributed by atoms with E-state index in [1.165, 1.54) is 12.1 Å². The summed E-state index contributed by atoms with van der Waals surface area (Å²) in [5.41, 5.74) is 4.34. The summed E-state index contributed by atoms with van der Waals surface area (Å²) in [4.78, 5) is 2.24. The van der Waals surface area contributed by atoms with Crippen LogP contribution in [0.2, 0.25) is 0 Å². The fourth-order valence-electron chi connectivity index (χ4n) is 2.81. The van der Waals surface area contributed by atoms with Gasteiger partial charge in [-0.1, -0.05) is 30.3 Å². The Bertz CT molecular complexity index is 840. The van der Waals surface area contributed by atoms with Crippen molar-refractivity contribution >= 4 is 17.3 Å². The van der Waals surface area contributed by atoms with Crippen molar-refractivity contribution in [1.29, 1.82) is 0 Å². The Balaban J connectivity index is 1.69. The van der Waals surface area contributed by atoms with E-state index in [2.05, 4.69) is 43.7 Å². The molecule has 23 heavy (non-hydrogen) atoms. The van der Waals surface area contributed by atoms with E-state index < -0.39 is 0 Å². The van der Waals surface area contributed by atoms with Crippen LogP contribution in [0.3, 0.4) is 0 Å². The number of benzene rings is 2. The average molecular weight is 307 g/mol. The Morgan fingerprint density at radius 1 is 1.09 bits per heavy atom. The van der Waals surface area contributed by atoms with Gasteiger partial charge in [-0.05, 0) is 45.8 Å². The molecule has 2 aromatic carbocycles. The highest BCUT2D eigenvalue weighted by Crippen LogP contribution is 2.32. The zero-order chi connectivity index (χ0) is 15.6. The first-order chi connectivity index (χ1) is 11.3. The van der Waals surface area contributed by atoms with Gasteiger partial charge in [-0.2, -0.15) is 0 Å². The predicted molar refractivity (Wildman–Crippen MR) is 85.9 cm³/mol. The number of aromatic amines is 1. The molecule has 0 amide bonds. The van der Waals surface area contributed by atoms with E-state index in [1.54, 1.807) is 0 Å². The minimum absolute atomic E-state index is 0.221. The Morgan fingerprint density at radius 3 is 2.70 bits per heavy atom. The zero-order valence-corrected chi connectivity index (χ0v) is 12.3. The standard InChI is InChI=1S/C17H14FN5/c18-15-7-5-12(6-8-15)10-23-11-14(17-19-21-22-20-17)9-13-3-1-2-4-16(13)23/h1-9H,10-11H2,(H,19,20,21,22). The molecule has 0 atom stereocenters. The van der Waals surface area contributed by atoms with Crippen molar-refractivity contribution in [1.82, 2.24) is 20.6 Å².